The molecule has 2 atom stereocenters. The van der Waals surface area contributed by atoms with E-state index in [9.17, 15) is 0 Å². The van der Waals surface area contributed by atoms with E-state index < -0.39 is 0 Å². The van der Waals surface area contributed by atoms with Crippen LogP contribution in [0.2, 0.25) is 0 Å². The standard InChI is InChI=1S/2C7H15N.C6H14N2/c1-6(2)7-3-4-8-5-7;1-6(2)7-4-3-5-8-7;1-6(2)8-4-3-7-5-8/h2*6-8H,3-5H2,1-2H3;6-7H,3-5H2,1-2H3. The molecule has 0 aromatic rings. The molecule has 0 bridgehead atoms. The third-order valence-electron chi connectivity index (χ3n) is 5.57. The van der Waals surface area contributed by atoms with Gasteiger partial charge in [-0.1, -0.05) is 27.7 Å². The Bertz CT molecular complexity index is 238. The first-order valence-corrected chi connectivity index (χ1v) is 10.3. The minimum atomic E-state index is 0.713. The van der Waals surface area contributed by atoms with E-state index in [-0.39, 0.29) is 0 Å². The largest absolute Gasteiger partial charge is 0.316 e. The number of rotatable bonds is 3. The van der Waals surface area contributed by atoms with Crippen molar-refractivity contribution in [3.8, 4) is 0 Å². The van der Waals surface area contributed by atoms with Gasteiger partial charge in [0.2, 0.25) is 0 Å². The van der Waals surface area contributed by atoms with Crippen LogP contribution in [0.5, 0.6) is 0 Å². The van der Waals surface area contributed by atoms with Crippen LogP contribution < -0.4 is 16.0 Å². The van der Waals surface area contributed by atoms with Crippen molar-refractivity contribution in [1.82, 2.24) is 20.9 Å². The molecule has 3 aliphatic rings. The van der Waals surface area contributed by atoms with E-state index in [0.717, 1.165) is 37.0 Å². The smallest absolute Gasteiger partial charge is 0.0483 e. The summed E-state index contributed by atoms with van der Waals surface area (Å²) < 4.78 is 0. The summed E-state index contributed by atoms with van der Waals surface area (Å²) in [5, 5.41) is 10.1. The number of hydrogen-bond acceptors (Lipinski definition) is 4. The molecule has 0 radical (unpaired) electrons. The second-order valence-electron chi connectivity index (χ2n) is 8.51. The normalized spacial score (nSPS) is 27.4. The lowest BCUT2D eigenvalue weighted by atomic mass is 9.96. The van der Waals surface area contributed by atoms with Gasteiger partial charge in [-0.15, -0.1) is 0 Å². The zero-order valence-electron chi connectivity index (χ0n) is 17.2. The molecule has 0 saturated carbocycles. The van der Waals surface area contributed by atoms with Crippen molar-refractivity contribution in [3.63, 3.8) is 0 Å². The Labute approximate surface area is 151 Å². The summed E-state index contributed by atoms with van der Waals surface area (Å²) >= 11 is 0. The minimum absolute atomic E-state index is 0.713. The van der Waals surface area contributed by atoms with Crippen LogP contribution in [-0.2, 0) is 0 Å². The van der Waals surface area contributed by atoms with Crippen LogP contribution in [0.15, 0.2) is 0 Å². The quantitative estimate of drug-likeness (QED) is 0.739. The third-order valence-corrected chi connectivity index (χ3v) is 5.57. The van der Waals surface area contributed by atoms with Crippen molar-refractivity contribution in [2.24, 2.45) is 17.8 Å². The molecule has 4 nitrogen and oxygen atoms in total. The van der Waals surface area contributed by atoms with Crippen LogP contribution in [0.25, 0.3) is 0 Å². The zero-order valence-corrected chi connectivity index (χ0v) is 17.2. The predicted octanol–water partition coefficient (Wildman–Crippen LogP) is 2.90. The third kappa shape index (κ3) is 8.80. The van der Waals surface area contributed by atoms with Crippen molar-refractivity contribution in [1.29, 1.82) is 0 Å². The highest BCUT2D eigenvalue weighted by molar-refractivity contribution is 4.76. The van der Waals surface area contributed by atoms with Crippen molar-refractivity contribution >= 4 is 0 Å². The molecule has 2 unspecified atom stereocenters. The van der Waals surface area contributed by atoms with Crippen LogP contribution in [0, 0.1) is 17.8 Å². The minimum Gasteiger partial charge on any atom is -0.316 e. The molecule has 0 aliphatic carbocycles. The highest BCUT2D eigenvalue weighted by atomic mass is 15.3. The van der Waals surface area contributed by atoms with Gasteiger partial charge in [-0.3, -0.25) is 4.90 Å². The van der Waals surface area contributed by atoms with E-state index >= 15 is 0 Å². The van der Waals surface area contributed by atoms with Gasteiger partial charge in [0.1, 0.15) is 0 Å². The first-order valence-electron chi connectivity index (χ1n) is 10.3. The van der Waals surface area contributed by atoms with Crippen molar-refractivity contribution in [3.05, 3.63) is 0 Å². The molecule has 3 rings (SSSR count). The molecule has 0 aromatic carbocycles. The van der Waals surface area contributed by atoms with Gasteiger partial charge in [-0.2, -0.15) is 0 Å². The Kier molecular flexibility index (Phi) is 11.2. The summed E-state index contributed by atoms with van der Waals surface area (Å²) in [6.07, 6.45) is 4.15. The molecule has 3 aliphatic heterocycles. The van der Waals surface area contributed by atoms with Crippen molar-refractivity contribution in [2.45, 2.75) is 72.9 Å². The molecule has 4 heteroatoms. The average molecular weight is 341 g/mol. The fourth-order valence-corrected chi connectivity index (χ4v) is 3.49. The number of nitrogens with zero attached hydrogens (tertiary/aromatic N) is 1. The van der Waals surface area contributed by atoms with Gasteiger partial charge >= 0.3 is 0 Å². The second-order valence-corrected chi connectivity index (χ2v) is 8.51. The molecule has 0 spiro atoms. The molecule has 0 amide bonds. The molecule has 3 N–H and O–H groups in total. The van der Waals surface area contributed by atoms with Gasteiger partial charge < -0.3 is 16.0 Å². The first kappa shape index (κ1) is 21.9. The average Bonchev–Trinajstić information content (AvgIpc) is 3.29. The summed E-state index contributed by atoms with van der Waals surface area (Å²) in [5.41, 5.74) is 0. The van der Waals surface area contributed by atoms with Crippen LogP contribution in [0.1, 0.15) is 60.8 Å². The highest BCUT2D eigenvalue weighted by Crippen LogP contribution is 2.16. The summed E-state index contributed by atoms with van der Waals surface area (Å²) in [6.45, 7) is 20.8. The Morgan fingerprint density at radius 3 is 1.83 bits per heavy atom. The second kappa shape index (κ2) is 12.2. The van der Waals surface area contributed by atoms with E-state index in [1.165, 1.54) is 45.4 Å². The summed E-state index contributed by atoms with van der Waals surface area (Å²) in [6, 6.07) is 1.53. The fraction of sp³-hybridized carbons (Fsp3) is 1.00. The molecule has 3 fully saturated rings. The van der Waals surface area contributed by atoms with Crippen LogP contribution in [0.4, 0.5) is 0 Å². The number of nitrogens with one attached hydrogen (secondary N) is 3. The van der Waals surface area contributed by atoms with E-state index in [0.29, 0.717) is 6.04 Å². The monoisotopic (exact) mass is 340 g/mol. The summed E-state index contributed by atoms with van der Waals surface area (Å²) in [7, 11) is 0. The molecular formula is C20H44N4. The Morgan fingerprint density at radius 2 is 1.58 bits per heavy atom. The van der Waals surface area contributed by atoms with Gasteiger partial charge in [-0.05, 0) is 70.5 Å². The number of hydrogen-bond donors (Lipinski definition) is 3. The van der Waals surface area contributed by atoms with E-state index in [2.05, 4.69) is 62.4 Å². The zero-order chi connectivity index (χ0) is 17.9. The fourth-order valence-electron chi connectivity index (χ4n) is 3.49. The predicted molar refractivity (Wildman–Crippen MR) is 106 cm³/mol. The van der Waals surface area contributed by atoms with Gasteiger partial charge in [0, 0.05) is 31.8 Å². The molecule has 0 aromatic heterocycles. The molecule has 144 valence electrons. The van der Waals surface area contributed by atoms with Gasteiger partial charge in [-0.25, -0.2) is 0 Å². The Balaban J connectivity index is 0.000000180. The Morgan fingerprint density at radius 1 is 0.833 bits per heavy atom. The molecular weight excluding hydrogens is 296 g/mol. The molecule has 24 heavy (non-hydrogen) atoms. The maximum absolute atomic E-state index is 3.46. The summed E-state index contributed by atoms with van der Waals surface area (Å²) in [5.74, 6) is 2.66. The van der Waals surface area contributed by atoms with Gasteiger partial charge in [0.25, 0.3) is 0 Å². The van der Waals surface area contributed by atoms with Crippen molar-refractivity contribution < 1.29 is 0 Å². The first-order chi connectivity index (χ1) is 11.4. The maximum Gasteiger partial charge on any atom is 0.0483 e. The SMILES string of the molecule is CC(C)C1CCCN1.CC(C)C1CCNC1.CC(C)N1CCNC1. The topological polar surface area (TPSA) is 39.3 Å². The lowest BCUT2D eigenvalue weighted by molar-refractivity contribution is 0.273. The highest BCUT2D eigenvalue weighted by Gasteiger charge is 2.17. The van der Waals surface area contributed by atoms with Crippen LogP contribution in [-0.4, -0.2) is 56.4 Å². The lowest BCUT2D eigenvalue weighted by Crippen LogP contribution is -2.29. The van der Waals surface area contributed by atoms with Crippen LogP contribution >= 0.6 is 0 Å². The van der Waals surface area contributed by atoms with E-state index in [1.807, 2.05) is 0 Å². The van der Waals surface area contributed by atoms with E-state index in [4.69, 9.17) is 0 Å². The van der Waals surface area contributed by atoms with Crippen molar-refractivity contribution in [2.75, 3.05) is 39.4 Å². The Hall–Kier alpha value is -0.160. The van der Waals surface area contributed by atoms with Crippen LogP contribution in [0.3, 0.4) is 0 Å². The molecule has 3 heterocycles. The van der Waals surface area contributed by atoms with E-state index in [1.54, 1.807) is 0 Å². The molecule has 3 saturated heterocycles. The maximum atomic E-state index is 3.46. The van der Waals surface area contributed by atoms with Gasteiger partial charge in [0.15, 0.2) is 0 Å². The lowest BCUT2D eigenvalue weighted by Gasteiger charge is -2.17. The van der Waals surface area contributed by atoms with Gasteiger partial charge in [0.05, 0.1) is 0 Å². The summed E-state index contributed by atoms with van der Waals surface area (Å²) in [4.78, 5) is 2.42.